The van der Waals surface area contributed by atoms with Crippen molar-refractivity contribution in [1.82, 2.24) is 10.9 Å². The number of para-hydroxylation sites is 1. The van der Waals surface area contributed by atoms with Gasteiger partial charge >= 0.3 is 0 Å². The van der Waals surface area contributed by atoms with Crippen molar-refractivity contribution in [3.8, 4) is 11.5 Å². The molecule has 0 aliphatic rings. The first-order valence-corrected chi connectivity index (χ1v) is 7.30. The van der Waals surface area contributed by atoms with Crippen LogP contribution < -0.4 is 20.4 Å². The molecule has 0 aliphatic carbocycles. The van der Waals surface area contributed by atoms with Crippen LogP contribution in [0.3, 0.4) is 0 Å². The van der Waals surface area contributed by atoms with Gasteiger partial charge in [0.1, 0.15) is 0 Å². The second-order valence-corrected chi connectivity index (χ2v) is 4.86. The minimum atomic E-state index is 0.0639. The molecule has 0 bridgehead atoms. The Morgan fingerprint density at radius 3 is 2.50 bits per heavy atom. The lowest BCUT2D eigenvalue weighted by Crippen LogP contribution is -2.31. The normalized spacial score (nSPS) is 11.4. The molecule has 2 rings (SSSR count). The molecule has 7 nitrogen and oxygen atoms in total. The van der Waals surface area contributed by atoms with E-state index < -0.39 is 0 Å². The Morgan fingerprint density at radius 2 is 1.88 bits per heavy atom. The summed E-state index contributed by atoms with van der Waals surface area (Å²) in [6, 6.07) is 12.6. The maximum atomic E-state index is 9.11. The number of methoxy groups -OCH3 is 2. The Hall–Kier alpha value is -2.77. The first kappa shape index (κ1) is 17.6. The number of aliphatic imine (C=N–C) groups is 1. The van der Waals surface area contributed by atoms with Crippen LogP contribution in [0.15, 0.2) is 52.6 Å². The highest BCUT2D eigenvalue weighted by atomic mass is 35.5. The van der Waals surface area contributed by atoms with Gasteiger partial charge in [0.05, 0.1) is 31.1 Å². The molecule has 0 aliphatic heterocycles. The minimum absolute atomic E-state index is 0.0639. The summed E-state index contributed by atoms with van der Waals surface area (Å²) in [5, 5.41) is 13.5. The standard InChI is InChI=1S/C16H17ClN4O3/c1-23-13-9-8-11(14(17)15(13)24-2)10-18-20-16(21-22)19-12-6-4-3-5-7-12/h3-10,22H,1-2H3,(H2,19,20,21). The van der Waals surface area contributed by atoms with E-state index >= 15 is 0 Å². The van der Waals surface area contributed by atoms with Crippen molar-refractivity contribution in [3.05, 3.63) is 53.1 Å². The Morgan fingerprint density at radius 1 is 1.12 bits per heavy atom. The molecule has 0 atom stereocenters. The van der Waals surface area contributed by atoms with E-state index in [1.54, 1.807) is 24.3 Å². The number of hydrogen-bond acceptors (Lipinski definition) is 5. The summed E-state index contributed by atoms with van der Waals surface area (Å²) in [5.41, 5.74) is 5.79. The lowest BCUT2D eigenvalue weighted by Gasteiger charge is -2.10. The molecule has 0 heterocycles. The van der Waals surface area contributed by atoms with Crippen LogP contribution in [0.2, 0.25) is 5.02 Å². The third-order valence-corrected chi connectivity index (χ3v) is 3.38. The van der Waals surface area contributed by atoms with Crippen LogP contribution in [0, 0.1) is 0 Å². The van der Waals surface area contributed by atoms with Gasteiger partial charge in [0.25, 0.3) is 0 Å². The largest absolute Gasteiger partial charge is 0.493 e. The molecule has 0 fully saturated rings. The fraction of sp³-hybridized carbons (Fsp3) is 0.125. The van der Waals surface area contributed by atoms with Crippen molar-refractivity contribution >= 4 is 29.5 Å². The average molecular weight is 349 g/mol. The summed E-state index contributed by atoms with van der Waals surface area (Å²) in [6.07, 6.45) is 1.47. The van der Waals surface area contributed by atoms with E-state index in [0.29, 0.717) is 27.8 Å². The lowest BCUT2D eigenvalue weighted by molar-refractivity contribution is 0.230. The lowest BCUT2D eigenvalue weighted by atomic mass is 10.2. The molecule has 0 unspecified atom stereocenters. The van der Waals surface area contributed by atoms with E-state index in [4.69, 9.17) is 26.3 Å². The summed E-state index contributed by atoms with van der Waals surface area (Å²) in [5.74, 6) is 1.01. The Bertz CT molecular complexity index is 736. The molecule has 126 valence electrons. The van der Waals surface area contributed by atoms with Crippen LogP contribution in [-0.4, -0.2) is 31.6 Å². The zero-order chi connectivity index (χ0) is 17.4. The van der Waals surface area contributed by atoms with Gasteiger partial charge in [-0.3, -0.25) is 5.21 Å². The predicted molar refractivity (Wildman–Crippen MR) is 93.7 cm³/mol. The SMILES string of the molecule is COc1ccc(C=NNC(=Nc2ccccc2)NO)c(Cl)c1OC. The number of halogens is 1. The maximum Gasteiger partial charge on any atom is 0.241 e. The molecule has 3 N–H and O–H groups in total. The van der Waals surface area contributed by atoms with Gasteiger partial charge < -0.3 is 9.47 Å². The Balaban J connectivity index is 2.15. The van der Waals surface area contributed by atoms with Gasteiger partial charge in [-0.05, 0) is 24.3 Å². The van der Waals surface area contributed by atoms with E-state index in [1.807, 2.05) is 23.7 Å². The van der Waals surface area contributed by atoms with Crippen molar-refractivity contribution in [2.24, 2.45) is 10.1 Å². The molecular weight excluding hydrogens is 332 g/mol. The maximum absolute atomic E-state index is 9.11. The fourth-order valence-corrected chi connectivity index (χ4v) is 2.16. The van der Waals surface area contributed by atoms with Gasteiger partial charge in [0.15, 0.2) is 11.5 Å². The molecule has 0 saturated heterocycles. The van der Waals surface area contributed by atoms with Crippen LogP contribution >= 0.6 is 11.6 Å². The fourth-order valence-electron chi connectivity index (χ4n) is 1.87. The molecule has 0 amide bonds. The molecule has 0 aromatic heterocycles. The molecule has 0 radical (unpaired) electrons. The number of guanidine groups is 1. The van der Waals surface area contributed by atoms with E-state index in [0.717, 1.165) is 0 Å². The first-order chi connectivity index (χ1) is 11.7. The summed E-state index contributed by atoms with van der Waals surface area (Å²) >= 11 is 6.25. The summed E-state index contributed by atoms with van der Waals surface area (Å²) in [4.78, 5) is 4.14. The summed E-state index contributed by atoms with van der Waals surface area (Å²) in [7, 11) is 3.03. The highest BCUT2D eigenvalue weighted by Gasteiger charge is 2.11. The monoisotopic (exact) mass is 348 g/mol. The van der Waals surface area contributed by atoms with Crippen LogP contribution in [0.4, 0.5) is 5.69 Å². The molecule has 24 heavy (non-hydrogen) atoms. The van der Waals surface area contributed by atoms with Crippen LogP contribution in [0.1, 0.15) is 5.56 Å². The van der Waals surface area contributed by atoms with Crippen LogP contribution in [-0.2, 0) is 0 Å². The van der Waals surface area contributed by atoms with Crippen LogP contribution in [0.5, 0.6) is 11.5 Å². The van der Waals surface area contributed by atoms with Gasteiger partial charge in [-0.1, -0.05) is 29.8 Å². The molecule has 8 heteroatoms. The van der Waals surface area contributed by atoms with Crippen molar-refractivity contribution in [2.75, 3.05) is 14.2 Å². The molecule has 2 aromatic rings. The number of rotatable bonds is 5. The third kappa shape index (κ3) is 4.37. The number of hydrazone groups is 1. The number of hydroxylamine groups is 1. The third-order valence-electron chi connectivity index (χ3n) is 2.99. The molecular formula is C16H17ClN4O3. The van der Waals surface area contributed by atoms with E-state index in [-0.39, 0.29) is 5.96 Å². The number of nitrogens with zero attached hydrogens (tertiary/aromatic N) is 2. The topological polar surface area (TPSA) is 87.5 Å². The number of hydrogen-bond donors (Lipinski definition) is 3. The zero-order valence-corrected chi connectivity index (χ0v) is 13.9. The van der Waals surface area contributed by atoms with Crippen molar-refractivity contribution in [2.45, 2.75) is 0 Å². The quantitative estimate of drug-likeness (QED) is 0.439. The van der Waals surface area contributed by atoms with Crippen molar-refractivity contribution in [3.63, 3.8) is 0 Å². The second-order valence-electron chi connectivity index (χ2n) is 4.48. The smallest absolute Gasteiger partial charge is 0.241 e. The van der Waals surface area contributed by atoms with E-state index in [9.17, 15) is 0 Å². The van der Waals surface area contributed by atoms with Gasteiger partial charge in [-0.25, -0.2) is 15.9 Å². The molecule has 0 saturated carbocycles. The second kappa shape index (κ2) is 8.76. The van der Waals surface area contributed by atoms with Gasteiger partial charge in [0.2, 0.25) is 5.96 Å². The number of ether oxygens (including phenoxy) is 2. The Labute approximate surface area is 144 Å². The number of nitrogens with one attached hydrogen (secondary N) is 2. The predicted octanol–water partition coefficient (Wildman–Crippen LogP) is 2.95. The zero-order valence-electron chi connectivity index (χ0n) is 13.2. The van der Waals surface area contributed by atoms with Gasteiger partial charge in [0, 0.05) is 5.56 Å². The number of benzene rings is 2. The minimum Gasteiger partial charge on any atom is -0.493 e. The Kier molecular flexibility index (Phi) is 6.41. The van der Waals surface area contributed by atoms with Crippen molar-refractivity contribution in [1.29, 1.82) is 0 Å². The summed E-state index contributed by atoms with van der Waals surface area (Å²) < 4.78 is 10.4. The highest BCUT2D eigenvalue weighted by molar-refractivity contribution is 6.34. The van der Waals surface area contributed by atoms with Crippen molar-refractivity contribution < 1.29 is 14.7 Å². The highest BCUT2D eigenvalue weighted by Crippen LogP contribution is 2.36. The van der Waals surface area contributed by atoms with Gasteiger partial charge in [-0.15, -0.1) is 0 Å². The van der Waals surface area contributed by atoms with Crippen LogP contribution in [0.25, 0.3) is 0 Å². The molecule has 2 aromatic carbocycles. The average Bonchev–Trinajstić information content (AvgIpc) is 2.62. The van der Waals surface area contributed by atoms with E-state index in [1.165, 1.54) is 20.4 Å². The molecule has 0 spiro atoms. The first-order valence-electron chi connectivity index (χ1n) is 6.93. The summed E-state index contributed by atoms with van der Waals surface area (Å²) in [6.45, 7) is 0. The van der Waals surface area contributed by atoms with E-state index in [2.05, 4.69) is 15.5 Å². The van der Waals surface area contributed by atoms with Gasteiger partial charge in [-0.2, -0.15) is 5.10 Å².